The predicted molar refractivity (Wildman–Crippen MR) is 59.4 cm³/mol. The van der Waals surface area contributed by atoms with Crippen molar-refractivity contribution in [2.24, 2.45) is 5.92 Å². The van der Waals surface area contributed by atoms with Gasteiger partial charge in [-0.25, -0.2) is 0 Å². The van der Waals surface area contributed by atoms with E-state index in [4.69, 9.17) is 0 Å². The van der Waals surface area contributed by atoms with Gasteiger partial charge in [-0.1, -0.05) is 20.8 Å². The van der Waals surface area contributed by atoms with E-state index in [2.05, 4.69) is 32.2 Å². The van der Waals surface area contributed by atoms with Crippen LogP contribution in [0.25, 0.3) is 0 Å². The molecule has 0 amide bonds. The molecule has 0 spiro atoms. The van der Waals surface area contributed by atoms with Gasteiger partial charge in [0.15, 0.2) is 0 Å². The molecule has 0 fully saturated rings. The van der Waals surface area contributed by atoms with Gasteiger partial charge in [-0.05, 0) is 47.6 Å². The minimum Gasteiger partial charge on any atom is -0.149 e. The van der Waals surface area contributed by atoms with E-state index in [0.29, 0.717) is 5.41 Å². The van der Waals surface area contributed by atoms with Gasteiger partial charge in [0.1, 0.15) is 0 Å². The van der Waals surface area contributed by atoms with Crippen LogP contribution in [0.15, 0.2) is 11.4 Å². The number of hydrogen-bond acceptors (Lipinski definition) is 1. The number of fused-ring (bicyclic) bond motifs is 1. The highest BCUT2D eigenvalue weighted by Gasteiger charge is 2.35. The van der Waals surface area contributed by atoms with E-state index in [1.165, 1.54) is 19.3 Å². The lowest BCUT2D eigenvalue weighted by Crippen LogP contribution is -2.31. The summed E-state index contributed by atoms with van der Waals surface area (Å²) in [5, 5.41) is 2.26. The van der Waals surface area contributed by atoms with Crippen LogP contribution >= 0.6 is 11.3 Å². The smallest absolute Gasteiger partial charge is 0.00828 e. The fraction of sp³-hybridized carbons (Fsp3) is 0.667. The largest absolute Gasteiger partial charge is 0.149 e. The van der Waals surface area contributed by atoms with Gasteiger partial charge in [0, 0.05) is 4.88 Å². The van der Waals surface area contributed by atoms with Crippen LogP contribution < -0.4 is 0 Å². The minimum atomic E-state index is 0.452. The molecule has 0 N–H and O–H groups in total. The monoisotopic (exact) mass is 194 g/mol. The Morgan fingerprint density at radius 1 is 1.46 bits per heavy atom. The van der Waals surface area contributed by atoms with Crippen LogP contribution in [0.1, 0.15) is 44.1 Å². The van der Waals surface area contributed by atoms with Crippen LogP contribution in [0.4, 0.5) is 0 Å². The molecule has 1 unspecified atom stereocenters. The molecule has 1 aromatic rings. The molecule has 2 rings (SSSR count). The van der Waals surface area contributed by atoms with Crippen molar-refractivity contribution >= 4 is 11.3 Å². The lowest BCUT2D eigenvalue weighted by atomic mass is 9.67. The van der Waals surface area contributed by atoms with E-state index in [1.54, 1.807) is 10.4 Å². The Morgan fingerprint density at radius 2 is 2.23 bits per heavy atom. The summed E-state index contributed by atoms with van der Waals surface area (Å²) in [4.78, 5) is 1.64. The van der Waals surface area contributed by atoms with Gasteiger partial charge in [-0.3, -0.25) is 0 Å². The maximum atomic E-state index is 2.43. The van der Waals surface area contributed by atoms with Crippen molar-refractivity contribution in [3.05, 3.63) is 21.9 Å². The third-order valence-corrected chi connectivity index (χ3v) is 4.72. The van der Waals surface area contributed by atoms with Gasteiger partial charge in [0.2, 0.25) is 0 Å². The highest BCUT2D eigenvalue weighted by atomic mass is 32.1. The second-order valence-corrected chi connectivity index (χ2v) is 5.68. The van der Waals surface area contributed by atoms with Gasteiger partial charge in [0.05, 0.1) is 0 Å². The molecule has 1 atom stereocenters. The van der Waals surface area contributed by atoms with Crippen molar-refractivity contribution in [3.63, 3.8) is 0 Å². The van der Waals surface area contributed by atoms with E-state index in [0.717, 1.165) is 5.92 Å². The molecular weight excluding hydrogens is 176 g/mol. The zero-order valence-electron chi connectivity index (χ0n) is 8.76. The summed E-state index contributed by atoms with van der Waals surface area (Å²) in [7, 11) is 0. The van der Waals surface area contributed by atoms with E-state index in [1.807, 2.05) is 11.3 Å². The quantitative estimate of drug-likeness (QED) is 0.634. The van der Waals surface area contributed by atoms with Crippen molar-refractivity contribution in [1.82, 2.24) is 0 Å². The second kappa shape index (κ2) is 3.13. The number of rotatable bonds is 1. The molecule has 0 aromatic carbocycles. The Bertz CT molecular complexity index is 298. The molecule has 0 saturated heterocycles. The van der Waals surface area contributed by atoms with Gasteiger partial charge >= 0.3 is 0 Å². The van der Waals surface area contributed by atoms with Crippen LogP contribution in [0, 0.1) is 5.92 Å². The van der Waals surface area contributed by atoms with Crippen LogP contribution in [-0.4, -0.2) is 0 Å². The summed E-state index contributed by atoms with van der Waals surface area (Å²) < 4.78 is 0. The molecule has 1 aliphatic carbocycles. The lowest BCUT2D eigenvalue weighted by Gasteiger charge is -2.37. The summed E-state index contributed by atoms with van der Waals surface area (Å²) in [5.74, 6) is 0.765. The normalized spacial score (nSPS) is 27.7. The fourth-order valence-electron chi connectivity index (χ4n) is 2.39. The first-order valence-electron chi connectivity index (χ1n) is 5.21. The average molecular weight is 194 g/mol. The highest BCUT2D eigenvalue weighted by Crippen LogP contribution is 2.44. The van der Waals surface area contributed by atoms with Crippen molar-refractivity contribution in [2.75, 3.05) is 0 Å². The van der Waals surface area contributed by atoms with Crippen molar-refractivity contribution in [1.29, 1.82) is 0 Å². The standard InChI is InChI=1S/C12H18S/c1-9(2)12(3)7-4-5-11-10(12)6-8-13-11/h6,8-9H,4-5,7H2,1-3H3. The molecule has 0 saturated carbocycles. The van der Waals surface area contributed by atoms with Crippen molar-refractivity contribution in [3.8, 4) is 0 Å². The van der Waals surface area contributed by atoms with Crippen molar-refractivity contribution in [2.45, 2.75) is 45.4 Å². The number of aryl methyl sites for hydroxylation is 1. The number of hydrogen-bond donors (Lipinski definition) is 0. The van der Waals surface area contributed by atoms with Crippen LogP contribution in [0.3, 0.4) is 0 Å². The Hall–Kier alpha value is -0.300. The van der Waals surface area contributed by atoms with Gasteiger partial charge in [-0.15, -0.1) is 11.3 Å². The summed E-state index contributed by atoms with van der Waals surface area (Å²) in [6, 6.07) is 2.35. The molecule has 0 bridgehead atoms. The summed E-state index contributed by atoms with van der Waals surface area (Å²) in [6.07, 6.45) is 4.06. The fourth-order valence-corrected chi connectivity index (χ4v) is 3.45. The maximum Gasteiger partial charge on any atom is 0.00828 e. The first kappa shape index (κ1) is 9.26. The zero-order valence-corrected chi connectivity index (χ0v) is 9.58. The molecule has 0 aliphatic heterocycles. The number of thiophene rings is 1. The molecule has 1 aromatic heterocycles. The topological polar surface area (TPSA) is 0 Å². The maximum absolute atomic E-state index is 2.43. The lowest BCUT2D eigenvalue weighted by molar-refractivity contribution is 0.292. The molecule has 1 heteroatoms. The summed E-state index contributed by atoms with van der Waals surface area (Å²) in [5.41, 5.74) is 2.09. The van der Waals surface area contributed by atoms with E-state index in [9.17, 15) is 0 Å². The predicted octanol–water partition coefficient (Wildman–Crippen LogP) is 4.00. The molecular formula is C12H18S. The van der Waals surface area contributed by atoms with Crippen LogP contribution in [0.2, 0.25) is 0 Å². The molecule has 0 nitrogen and oxygen atoms in total. The molecule has 1 aliphatic rings. The summed E-state index contributed by atoms with van der Waals surface area (Å²) in [6.45, 7) is 7.14. The molecule has 72 valence electrons. The van der Waals surface area contributed by atoms with Crippen LogP contribution in [-0.2, 0) is 11.8 Å². The Morgan fingerprint density at radius 3 is 2.92 bits per heavy atom. The first-order valence-corrected chi connectivity index (χ1v) is 6.09. The van der Waals surface area contributed by atoms with E-state index < -0.39 is 0 Å². The first-order chi connectivity index (χ1) is 6.14. The Labute approximate surface area is 85.0 Å². The molecule has 1 heterocycles. The Kier molecular flexibility index (Phi) is 2.23. The van der Waals surface area contributed by atoms with Gasteiger partial charge < -0.3 is 0 Å². The minimum absolute atomic E-state index is 0.452. The van der Waals surface area contributed by atoms with Gasteiger partial charge in [0.25, 0.3) is 0 Å². The molecule has 0 radical (unpaired) electrons. The highest BCUT2D eigenvalue weighted by molar-refractivity contribution is 7.10. The molecule has 13 heavy (non-hydrogen) atoms. The SMILES string of the molecule is CC(C)C1(C)CCCc2sccc21. The third-order valence-electron chi connectivity index (χ3n) is 3.73. The Balaban J connectivity index is 2.45. The summed E-state index contributed by atoms with van der Waals surface area (Å²) >= 11 is 1.95. The second-order valence-electron chi connectivity index (χ2n) is 4.68. The third kappa shape index (κ3) is 1.34. The van der Waals surface area contributed by atoms with E-state index in [-0.39, 0.29) is 0 Å². The average Bonchev–Trinajstić information content (AvgIpc) is 2.53. The van der Waals surface area contributed by atoms with E-state index >= 15 is 0 Å². The van der Waals surface area contributed by atoms with Crippen molar-refractivity contribution < 1.29 is 0 Å². The van der Waals surface area contributed by atoms with Crippen LogP contribution in [0.5, 0.6) is 0 Å². The zero-order chi connectivity index (χ0) is 9.47. The van der Waals surface area contributed by atoms with Gasteiger partial charge in [-0.2, -0.15) is 0 Å².